The maximum absolute atomic E-state index is 12.9. The summed E-state index contributed by atoms with van der Waals surface area (Å²) in [6.45, 7) is 6.67. The minimum absolute atomic E-state index is 0.0433. The van der Waals surface area contributed by atoms with Gasteiger partial charge >= 0.3 is 0 Å². The molecule has 150 valence electrons. The molecule has 0 spiro atoms. The van der Waals surface area contributed by atoms with Gasteiger partial charge < -0.3 is 9.80 Å². The average molecular weight is 429 g/mol. The van der Waals surface area contributed by atoms with E-state index in [-0.39, 0.29) is 5.91 Å². The Hall–Kier alpha value is -2.50. The fourth-order valence-electron chi connectivity index (χ4n) is 3.66. The molecule has 1 aliphatic rings. The SMILES string of the molecule is Cc1nn(-c2ccc(C(=O)N3CCN(c4ccccc4Cl)CC3)cc2)c(C)c1Cl. The summed E-state index contributed by atoms with van der Waals surface area (Å²) in [6, 6.07) is 15.3. The molecule has 1 aromatic heterocycles. The Kier molecular flexibility index (Phi) is 5.52. The number of carbonyl (C=O) groups is 1. The number of piperazine rings is 1. The van der Waals surface area contributed by atoms with E-state index >= 15 is 0 Å². The van der Waals surface area contributed by atoms with Gasteiger partial charge in [-0.05, 0) is 50.2 Å². The maximum Gasteiger partial charge on any atom is 0.253 e. The molecule has 1 aliphatic heterocycles. The molecule has 0 N–H and O–H groups in total. The van der Waals surface area contributed by atoms with Crippen LogP contribution in [0.5, 0.6) is 0 Å². The van der Waals surface area contributed by atoms with Gasteiger partial charge in [-0.1, -0.05) is 35.3 Å². The molecular weight excluding hydrogens is 407 g/mol. The van der Waals surface area contributed by atoms with Gasteiger partial charge in [0, 0.05) is 31.7 Å². The maximum atomic E-state index is 12.9. The van der Waals surface area contributed by atoms with Crippen molar-refractivity contribution in [3.8, 4) is 5.69 Å². The van der Waals surface area contributed by atoms with Crippen LogP contribution in [-0.4, -0.2) is 46.8 Å². The van der Waals surface area contributed by atoms with E-state index in [9.17, 15) is 4.79 Å². The van der Waals surface area contributed by atoms with Crippen molar-refractivity contribution in [3.05, 3.63) is 75.5 Å². The third-order valence-corrected chi connectivity index (χ3v) is 6.19. The summed E-state index contributed by atoms with van der Waals surface area (Å²) >= 11 is 12.5. The summed E-state index contributed by atoms with van der Waals surface area (Å²) in [7, 11) is 0. The number of hydrogen-bond donors (Lipinski definition) is 0. The first-order chi connectivity index (χ1) is 14.0. The zero-order valence-corrected chi connectivity index (χ0v) is 17.9. The summed E-state index contributed by atoms with van der Waals surface area (Å²) in [5.74, 6) is 0.0433. The highest BCUT2D eigenvalue weighted by Gasteiger charge is 2.23. The zero-order chi connectivity index (χ0) is 20.5. The van der Waals surface area contributed by atoms with Crippen LogP contribution >= 0.6 is 23.2 Å². The van der Waals surface area contributed by atoms with Gasteiger partial charge in [0.05, 0.1) is 32.8 Å². The van der Waals surface area contributed by atoms with Crippen LogP contribution in [0.25, 0.3) is 5.69 Å². The fraction of sp³-hybridized carbons (Fsp3) is 0.273. The lowest BCUT2D eigenvalue weighted by Gasteiger charge is -2.36. The number of benzene rings is 2. The van der Waals surface area contributed by atoms with Crippen molar-refractivity contribution in [2.45, 2.75) is 13.8 Å². The number of amides is 1. The van der Waals surface area contributed by atoms with Crippen LogP contribution in [0.1, 0.15) is 21.7 Å². The minimum Gasteiger partial charge on any atom is -0.367 e. The predicted octanol–water partition coefficient (Wildman–Crippen LogP) is 4.76. The molecule has 3 aromatic rings. The molecule has 2 heterocycles. The molecule has 0 unspecified atom stereocenters. The number of aromatic nitrogens is 2. The first-order valence-corrected chi connectivity index (χ1v) is 10.3. The summed E-state index contributed by atoms with van der Waals surface area (Å²) in [4.78, 5) is 17.0. The van der Waals surface area contributed by atoms with Crippen LogP contribution in [0.3, 0.4) is 0 Å². The van der Waals surface area contributed by atoms with E-state index in [1.165, 1.54) is 0 Å². The molecule has 5 nitrogen and oxygen atoms in total. The second-order valence-electron chi connectivity index (χ2n) is 7.17. The molecule has 1 saturated heterocycles. The van der Waals surface area contributed by atoms with E-state index in [4.69, 9.17) is 23.2 Å². The number of hydrogen-bond acceptors (Lipinski definition) is 3. The van der Waals surface area contributed by atoms with Crippen LogP contribution < -0.4 is 4.90 Å². The minimum atomic E-state index is 0.0433. The van der Waals surface area contributed by atoms with Gasteiger partial charge in [0.2, 0.25) is 0 Å². The van der Waals surface area contributed by atoms with Crippen LogP contribution in [0, 0.1) is 13.8 Å². The van der Waals surface area contributed by atoms with E-state index in [0.717, 1.165) is 40.9 Å². The van der Waals surface area contributed by atoms with Gasteiger partial charge in [0.25, 0.3) is 5.91 Å². The van der Waals surface area contributed by atoms with Crippen LogP contribution in [0.15, 0.2) is 48.5 Å². The van der Waals surface area contributed by atoms with Crippen molar-refractivity contribution in [2.75, 3.05) is 31.1 Å². The molecule has 4 rings (SSSR count). The molecule has 0 radical (unpaired) electrons. The largest absolute Gasteiger partial charge is 0.367 e. The van der Waals surface area contributed by atoms with E-state index in [2.05, 4.69) is 10.00 Å². The van der Waals surface area contributed by atoms with Gasteiger partial charge in [0.15, 0.2) is 0 Å². The number of rotatable bonds is 3. The van der Waals surface area contributed by atoms with Gasteiger partial charge in [-0.15, -0.1) is 0 Å². The Morgan fingerprint density at radius 1 is 0.931 bits per heavy atom. The second-order valence-corrected chi connectivity index (χ2v) is 7.96. The number of halogens is 2. The third kappa shape index (κ3) is 3.85. The van der Waals surface area contributed by atoms with Gasteiger partial charge in [-0.25, -0.2) is 4.68 Å². The molecule has 29 heavy (non-hydrogen) atoms. The molecule has 0 bridgehead atoms. The Morgan fingerprint density at radius 3 is 2.17 bits per heavy atom. The van der Waals surface area contributed by atoms with Gasteiger partial charge in [0.1, 0.15) is 0 Å². The molecule has 1 fully saturated rings. The van der Waals surface area contributed by atoms with Crippen molar-refractivity contribution < 1.29 is 4.79 Å². The van der Waals surface area contributed by atoms with Crippen LogP contribution in [-0.2, 0) is 0 Å². The second kappa shape index (κ2) is 8.09. The van der Waals surface area contributed by atoms with Crippen LogP contribution in [0.4, 0.5) is 5.69 Å². The normalized spacial score (nSPS) is 14.3. The Labute approximate surface area is 180 Å². The highest BCUT2D eigenvalue weighted by Crippen LogP contribution is 2.26. The van der Waals surface area contributed by atoms with Crippen LogP contribution in [0.2, 0.25) is 10.0 Å². The van der Waals surface area contributed by atoms with Crippen molar-refractivity contribution in [1.82, 2.24) is 14.7 Å². The molecular formula is C22H22Cl2N4O. The van der Waals surface area contributed by atoms with Crippen molar-refractivity contribution in [2.24, 2.45) is 0 Å². The highest BCUT2D eigenvalue weighted by molar-refractivity contribution is 6.33. The molecule has 2 aromatic carbocycles. The summed E-state index contributed by atoms with van der Waals surface area (Å²) in [5, 5.41) is 5.87. The standard InChI is InChI=1S/C22H22Cl2N4O/c1-15-21(24)16(2)28(25-15)18-9-7-17(8-10-18)22(29)27-13-11-26(12-14-27)20-6-4-3-5-19(20)23/h3-10H,11-14H2,1-2H3. The van der Waals surface area contributed by atoms with Crippen molar-refractivity contribution >= 4 is 34.8 Å². The first kappa shape index (κ1) is 19.8. The van der Waals surface area contributed by atoms with Gasteiger partial charge in [-0.2, -0.15) is 5.10 Å². The lowest BCUT2D eigenvalue weighted by molar-refractivity contribution is 0.0747. The lowest BCUT2D eigenvalue weighted by Crippen LogP contribution is -2.48. The predicted molar refractivity (Wildman–Crippen MR) is 118 cm³/mol. The Balaban J connectivity index is 1.44. The third-order valence-electron chi connectivity index (χ3n) is 5.32. The number of para-hydroxylation sites is 1. The topological polar surface area (TPSA) is 41.4 Å². The molecule has 0 aliphatic carbocycles. The highest BCUT2D eigenvalue weighted by atomic mass is 35.5. The number of carbonyl (C=O) groups excluding carboxylic acids is 1. The summed E-state index contributed by atoms with van der Waals surface area (Å²) < 4.78 is 1.80. The van der Waals surface area contributed by atoms with Gasteiger partial charge in [-0.3, -0.25) is 4.79 Å². The monoisotopic (exact) mass is 428 g/mol. The fourth-order valence-corrected chi connectivity index (χ4v) is 4.03. The number of nitrogens with zero attached hydrogens (tertiary/aromatic N) is 4. The zero-order valence-electron chi connectivity index (χ0n) is 16.4. The Bertz CT molecular complexity index is 1040. The summed E-state index contributed by atoms with van der Waals surface area (Å²) in [6.07, 6.45) is 0. The first-order valence-electron chi connectivity index (χ1n) is 9.56. The van der Waals surface area contributed by atoms with Crippen molar-refractivity contribution in [3.63, 3.8) is 0 Å². The van der Waals surface area contributed by atoms with E-state index in [1.54, 1.807) is 4.68 Å². The lowest BCUT2D eigenvalue weighted by atomic mass is 10.1. The molecule has 0 saturated carbocycles. The van der Waals surface area contributed by atoms with E-state index in [0.29, 0.717) is 23.7 Å². The number of aryl methyl sites for hydroxylation is 1. The van der Waals surface area contributed by atoms with Crippen molar-refractivity contribution in [1.29, 1.82) is 0 Å². The molecule has 7 heteroatoms. The molecule has 0 atom stereocenters. The quantitative estimate of drug-likeness (QED) is 0.603. The molecule has 1 amide bonds. The van der Waals surface area contributed by atoms with E-state index < -0.39 is 0 Å². The average Bonchev–Trinajstić information content (AvgIpc) is 3.01. The summed E-state index contributed by atoms with van der Waals surface area (Å²) in [5.41, 5.74) is 4.26. The Morgan fingerprint density at radius 2 is 1.59 bits per heavy atom. The van der Waals surface area contributed by atoms with E-state index in [1.807, 2.05) is 67.3 Å². The smallest absolute Gasteiger partial charge is 0.253 e. The number of anilines is 1.